The Bertz CT molecular complexity index is 488. The van der Waals surface area contributed by atoms with Gasteiger partial charge in [-0.05, 0) is 31.7 Å². The Kier molecular flexibility index (Phi) is 4.04. The first-order valence-corrected chi connectivity index (χ1v) is 6.80. The predicted octanol–water partition coefficient (Wildman–Crippen LogP) is 1.43. The fourth-order valence-electron chi connectivity index (χ4n) is 1.96. The number of rotatable bonds is 4. The zero-order valence-corrected chi connectivity index (χ0v) is 11.3. The predicted molar refractivity (Wildman–Crippen MR) is 73.0 cm³/mol. The smallest absolute Gasteiger partial charge is 0.237 e. The molecule has 1 N–H and O–H groups in total. The van der Waals surface area contributed by atoms with Gasteiger partial charge in [0.25, 0.3) is 0 Å². The van der Waals surface area contributed by atoms with E-state index in [0.717, 1.165) is 22.7 Å². The lowest BCUT2D eigenvalue weighted by Crippen LogP contribution is -2.38. The van der Waals surface area contributed by atoms with Gasteiger partial charge in [0.1, 0.15) is 5.78 Å². The molecule has 0 saturated carbocycles. The van der Waals surface area contributed by atoms with E-state index in [0.29, 0.717) is 5.75 Å². The molecule has 1 aliphatic rings. The lowest BCUT2D eigenvalue weighted by molar-refractivity contribution is -0.120. The van der Waals surface area contributed by atoms with Crippen LogP contribution in [0, 0.1) is 0 Å². The minimum atomic E-state index is 0.000203. The van der Waals surface area contributed by atoms with Crippen LogP contribution in [-0.4, -0.2) is 31.0 Å². The van der Waals surface area contributed by atoms with E-state index in [4.69, 9.17) is 0 Å². The van der Waals surface area contributed by atoms with Crippen molar-refractivity contribution in [1.29, 1.82) is 0 Å². The number of Topliss-reactive ketones (excluding diaryl/α,β-unsaturated/α-hetero) is 1. The van der Waals surface area contributed by atoms with Crippen LogP contribution in [0.1, 0.15) is 12.5 Å². The highest BCUT2D eigenvalue weighted by atomic mass is 32.2. The number of carbonyl (C=O) groups is 2. The number of hydrogen-bond acceptors (Lipinski definition) is 4. The van der Waals surface area contributed by atoms with Crippen LogP contribution in [0.25, 0.3) is 0 Å². The Hall–Kier alpha value is -1.33. The number of nitrogens with one attached hydrogen (secondary N) is 1. The van der Waals surface area contributed by atoms with E-state index in [1.54, 1.807) is 4.90 Å². The normalized spacial score (nSPS) is 14.6. The maximum atomic E-state index is 11.9. The second kappa shape index (κ2) is 5.54. The van der Waals surface area contributed by atoms with E-state index in [-0.39, 0.29) is 18.2 Å². The Labute approximate surface area is 111 Å². The zero-order chi connectivity index (χ0) is 13.1. The lowest BCUT2D eigenvalue weighted by Gasteiger charge is -2.28. The number of hydrogen-bond donors (Lipinski definition) is 1. The Balaban J connectivity index is 2.36. The van der Waals surface area contributed by atoms with Gasteiger partial charge in [0.2, 0.25) is 5.91 Å². The molecule has 1 amide bonds. The van der Waals surface area contributed by atoms with Gasteiger partial charge in [0.05, 0.1) is 18.0 Å². The molecule has 96 valence electrons. The van der Waals surface area contributed by atoms with Crippen LogP contribution in [0.5, 0.6) is 0 Å². The molecule has 1 aromatic rings. The van der Waals surface area contributed by atoms with Gasteiger partial charge in [0.15, 0.2) is 0 Å². The molecule has 0 atom stereocenters. The Morgan fingerprint density at radius 2 is 2.28 bits per heavy atom. The minimum absolute atomic E-state index is 0.000203. The van der Waals surface area contributed by atoms with E-state index >= 15 is 0 Å². The van der Waals surface area contributed by atoms with Crippen LogP contribution < -0.4 is 10.2 Å². The number of anilines is 1. The molecule has 4 nitrogen and oxygen atoms in total. The van der Waals surface area contributed by atoms with E-state index in [1.165, 1.54) is 18.7 Å². The average Bonchev–Trinajstić information content (AvgIpc) is 2.33. The molecule has 1 aromatic carbocycles. The molecule has 0 unspecified atom stereocenters. The summed E-state index contributed by atoms with van der Waals surface area (Å²) in [4.78, 5) is 25.8. The van der Waals surface area contributed by atoms with Crippen LogP contribution >= 0.6 is 11.8 Å². The number of amides is 1. The molecular formula is C13H16N2O2S. The number of ketones is 1. The standard InChI is InChI=1S/C13H16N2O2S/c1-9(16)7-15-11-5-10(6-14-2)3-4-12(11)18-8-13(15)17/h3-5,14H,6-8H2,1-2H3. The third-order valence-electron chi connectivity index (χ3n) is 2.73. The van der Waals surface area contributed by atoms with Crippen LogP contribution in [0.15, 0.2) is 23.1 Å². The summed E-state index contributed by atoms with van der Waals surface area (Å²) in [5, 5.41) is 3.08. The van der Waals surface area contributed by atoms with Crippen molar-refractivity contribution < 1.29 is 9.59 Å². The van der Waals surface area contributed by atoms with Crippen molar-refractivity contribution in [2.75, 3.05) is 24.2 Å². The zero-order valence-electron chi connectivity index (χ0n) is 10.5. The SMILES string of the molecule is CNCc1ccc2c(c1)N(CC(C)=O)C(=O)CS2. The topological polar surface area (TPSA) is 49.4 Å². The summed E-state index contributed by atoms with van der Waals surface area (Å²) in [6, 6.07) is 6.05. The Morgan fingerprint density at radius 3 is 2.94 bits per heavy atom. The van der Waals surface area contributed by atoms with Gasteiger partial charge in [-0.3, -0.25) is 9.59 Å². The molecule has 0 fully saturated rings. The highest BCUT2D eigenvalue weighted by molar-refractivity contribution is 8.00. The van der Waals surface area contributed by atoms with E-state index in [1.807, 2.05) is 25.2 Å². The third-order valence-corrected chi connectivity index (χ3v) is 3.78. The fourth-order valence-corrected chi connectivity index (χ4v) is 2.87. The molecule has 0 saturated heterocycles. The first kappa shape index (κ1) is 13.1. The van der Waals surface area contributed by atoms with Crippen LogP contribution in [0.2, 0.25) is 0 Å². The monoisotopic (exact) mass is 264 g/mol. The van der Waals surface area contributed by atoms with Crippen LogP contribution in [0.4, 0.5) is 5.69 Å². The van der Waals surface area contributed by atoms with Gasteiger partial charge in [-0.25, -0.2) is 0 Å². The summed E-state index contributed by atoms with van der Waals surface area (Å²) in [6.07, 6.45) is 0. The molecule has 0 spiro atoms. The maximum absolute atomic E-state index is 11.9. The van der Waals surface area contributed by atoms with Crippen molar-refractivity contribution in [2.45, 2.75) is 18.4 Å². The van der Waals surface area contributed by atoms with Crippen molar-refractivity contribution in [3.8, 4) is 0 Å². The molecule has 1 heterocycles. The van der Waals surface area contributed by atoms with Crippen molar-refractivity contribution in [3.05, 3.63) is 23.8 Å². The van der Waals surface area contributed by atoms with Crippen molar-refractivity contribution in [2.24, 2.45) is 0 Å². The molecule has 0 aliphatic carbocycles. The number of carbonyl (C=O) groups excluding carboxylic acids is 2. The summed E-state index contributed by atoms with van der Waals surface area (Å²) in [6.45, 7) is 2.42. The molecule has 0 bridgehead atoms. The quantitative estimate of drug-likeness (QED) is 0.894. The van der Waals surface area contributed by atoms with Crippen molar-refractivity contribution in [1.82, 2.24) is 5.32 Å². The van der Waals surface area contributed by atoms with Gasteiger partial charge in [0, 0.05) is 11.4 Å². The Morgan fingerprint density at radius 1 is 1.50 bits per heavy atom. The molecule has 18 heavy (non-hydrogen) atoms. The number of benzene rings is 1. The summed E-state index contributed by atoms with van der Waals surface area (Å²) >= 11 is 1.53. The van der Waals surface area contributed by atoms with E-state index in [9.17, 15) is 9.59 Å². The second-order valence-corrected chi connectivity index (χ2v) is 5.32. The molecule has 1 aliphatic heterocycles. The van der Waals surface area contributed by atoms with E-state index in [2.05, 4.69) is 5.32 Å². The molecule has 0 aromatic heterocycles. The minimum Gasteiger partial charge on any atom is -0.316 e. The van der Waals surface area contributed by atoms with Crippen LogP contribution in [-0.2, 0) is 16.1 Å². The van der Waals surface area contributed by atoms with Gasteiger partial charge >= 0.3 is 0 Å². The van der Waals surface area contributed by atoms with E-state index < -0.39 is 0 Å². The summed E-state index contributed by atoms with van der Waals surface area (Å²) in [5.41, 5.74) is 1.97. The highest BCUT2D eigenvalue weighted by Gasteiger charge is 2.25. The van der Waals surface area contributed by atoms with Gasteiger partial charge in [-0.1, -0.05) is 6.07 Å². The number of nitrogens with zero attached hydrogens (tertiary/aromatic N) is 1. The van der Waals surface area contributed by atoms with Gasteiger partial charge in [-0.15, -0.1) is 11.8 Å². The number of thioether (sulfide) groups is 1. The molecule has 2 rings (SSSR count). The second-order valence-electron chi connectivity index (χ2n) is 4.30. The summed E-state index contributed by atoms with van der Waals surface area (Å²) in [7, 11) is 1.88. The molecule has 5 heteroatoms. The molecule has 0 radical (unpaired) electrons. The first-order chi connectivity index (χ1) is 8.61. The fraction of sp³-hybridized carbons (Fsp3) is 0.385. The van der Waals surface area contributed by atoms with Crippen molar-refractivity contribution in [3.63, 3.8) is 0 Å². The maximum Gasteiger partial charge on any atom is 0.237 e. The van der Waals surface area contributed by atoms with Gasteiger partial charge in [-0.2, -0.15) is 0 Å². The number of fused-ring (bicyclic) bond motifs is 1. The third kappa shape index (κ3) is 2.73. The largest absolute Gasteiger partial charge is 0.316 e. The summed E-state index contributed by atoms with van der Waals surface area (Å²) in [5.74, 6) is 0.413. The van der Waals surface area contributed by atoms with Crippen molar-refractivity contribution >= 4 is 29.1 Å². The molecular weight excluding hydrogens is 248 g/mol. The lowest BCUT2D eigenvalue weighted by atomic mass is 10.1. The first-order valence-electron chi connectivity index (χ1n) is 5.82. The average molecular weight is 264 g/mol. The van der Waals surface area contributed by atoms with Gasteiger partial charge < -0.3 is 10.2 Å². The highest BCUT2D eigenvalue weighted by Crippen LogP contribution is 2.35. The van der Waals surface area contributed by atoms with Crippen LogP contribution in [0.3, 0.4) is 0 Å². The summed E-state index contributed by atoms with van der Waals surface area (Å²) < 4.78 is 0.